The summed E-state index contributed by atoms with van der Waals surface area (Å²) in [6.07, 6.45) is 3.47. The fraction of sp³-hybridized carbons (Fsp3) is 0.500. The number of carbonyl (C=O) groups excluding carboxylic acids is 1. The Morgan fingerprint density at radius 3 is 2.90 bits per heavy atom. The van der Waals surface area contributed by atoms with Gasteiger partial charge in [-0.2, -0.15) is 0 Å². The van der Waals surface area contributed by atoms with Crippen LogP contribution in [0.1, 0.15) is 26.7 Å². The molecule has 0 radical (unpaired) electrons. The van der Waals surface area contributed by atoms with Crippen LogP contribution in [0.3, 0.4) is 0 Å². The second-order valence-electron chi connectivity index (χ2n) is 5.65. The molecule has 0 aliphatic heterocycles. The molecular weight excluding hydrogens is 264 g/mol. The van der Waals surface area contributed by atoms with E-state index in [0.717, 1.165) is 30.4 Å². The summed E-state index contributed by atoms with van der Waals surface area (Å²) in [5.74, 6) is 0.0444. The lowest BCUT2D eigenvalue weighted by Gasteiger charge is -2.24. The second-order valence-corrected chi connectivity index (χ2v) is 5.65. The van der Waals surface area contributed by atoms with Gasteiger partial charge < -0.3 is 15.6 Å². The van der Waals surface area contributed by atoms with Crippen molar-refractivity contribution in [1.82, 2.24) is 14.9 Å². The first-order valence-corrected chi connectivity index (χ1v) is 7.49. The van der Waals surface area contributed by atoms with Crippen molar-refractivity contribution in [3.05, 3.63) is 30.6 Å². The number of hydrogen-bond donors (Lipinski definition) is 2. The van der Waals surface area contributed by atoms with E-state index in [1.54, 1.807) is 0 Å². The first kappa shape index (κ1) is 15.5. The number of carbonyl (C=O) groups is 1. The maximum atomic E-state index is 12.1. The molecule has 1 atom stereocenters. The molecule has 1 aromatic carbocycles. The summed E-state index contributed by atoms with van der Waals surface area (Å²) in [6, 6.07) is 8.06. The van der Waals surface area contributed by atoms with Crippen LogP contribution in [0.5, 0.6) is 0 Å². The quantitative estimate of drug-likeness (QED) is 0.764. The molecule has 0 spiro atoms. The molecule has 3 N–H and O–H groups in total. The zero-order valence-electron chi connectivity index (χ0n) is 12.8. The summed E-state index contributed by atoms with van der Waals surface area (Å²) < 4.78 is 2.11. The molecule has 2 rings (SSSR count). The van der Waals surface area contributed by atoms with Crippen LogP contribution in [0.2, 0.25) is 0 Å². The molecule has 0 saturated carbocycles. The van der Waals surface area contributed by atoms with Crippen LogP contribution < -0.4 is 11.1 Å². The minimum atomic E-state index is -0.457. The highest BCUT2D eigenvalue weighted by atomic mass is 16.2. The lowest BCUT2D eigenvalue weighted by Crippen LogP contribution is -2.43. The molecule has 5 nitrogen and oxygen atoms in total. The number of para-hydroxylation sites is 2. The number of fused-ring (bicyclic) bond motifs is 1. The summed E-state index contributed by atoms with van der Waals surface area (Å²) in [5.41, 5.74) is 7.36. The van der Waals surface area contributed by atoms with E-state index in [0.29, 0.717) is 13.1 Å². The van der Waals surface area contributed by atoms with Gasteiger partial charge in [-0.1, -0.05) is 19.1 Å². The van der Waals surface area contributed by atoms with E-state index in [-0.39, 0.29) is 5.91 Å². The van der Waals surface area contributed by atoms with Gasteiger partial charge in [0.05, 0.1) is 22.8 Å². The third kappa shape index (κ3) is 3.42. The molecule has 0 fully saturated rings. The van der Waals surface area contributed by atoms with Gasteiger partial charge in [-0.3, -0.25) is 4.79 Å². The average Bonchev–Trinajstić information content (AvgIpc) is 2.93. The molecule has 2 aromatic rings. The third-order valence-corrected chi connectivity index (χ3v) is 4.17. The Hall–Kier alpha value is -1.88. The fourth-order valence-electron chi connectivity index (χ4n) is 2.25. The van der Waals surface area contributed by atoms with E-state index in [9.17, 15) is 4.79 Å². The third-order valence-electron chi connectivity index (χ3n) is 4.17. The SMILES string of the molecule is CCC(C)(CN)C(=O)NCCCn1cnc2ccccc21. The number of aromatic nitrogens is 2. The summed E-state index contributed by atoms with van der Waals surface area (Å²) in [4.78, 5) is 16.4. The van der Waals surface area contributed by atoms with Crippen molar-refractivity contribution in [2.24, 2.45) is 11.1 Å². The number of aryl methyl sites for hydroxylation is 1. The molecule has 0 bridgehead atoms. The van der Waals surface area contributed by atoms with Crippen molar-refractivity contribution in [1.29, 1.82) is 0 Å². The van der Waals surface area contributed by atoms with Crippen molar-refractivity contribution in [3.8, 4) is 0 Å². The van der Waals surface area contributed by atoms with Gasteiger partial charge >= 0.3 is 0 Å². The monoisotopic (exact) mass is 288 g/mol. The topological polar surface area (TPSA) is 72.9 Å². The Morgan fingerprint density at radius 2 is 2.19 bits per heavy atom. The molecule has 0 saturated heterocycles. The number of rotatable bonds is 7. The van der Waals surface area contributed by atoms with Gasteiger partial charge in [0, 0.05) is 19.6 Å². The Morgan fingerprint density at radius 1 is 1.43 bits per heavy atom. The van der Waals surface area contributed by atoms with Crippen LogP contribution >= 0.6 is 0 Å². The maximum absolute atomic E-state index is 12.1. The number of nitrogens with zero attached hydrogens (tertiary/aromatic N) is 2. The second kappa shape index (κ2) is 6.72. The van der Waals surface area contributed by atoms with Crippen LogP contribution in [-0.4, -0.2) is 28.5 Å². The van der Waals surface area contributed by atoms with Gasteiger partial charge in [-0.15, -0.1) is 0 Å². The summed E-state index contributed by atoms with van der Waals surface area (Å²) in [6.45, 7) is 5.77. The van der Waals surface area contributed by atoms with Crippen molar-refractivity contribution < 1.29 is 4.79 Å². The molecule has 0 aliphatic carbocycles. The number of nitrogens with one attached hydrogen (secondary N) is 1. The molecule has 1 amide bonds. The van der Waals surface area contributed by atoms with Gasteiger partial charge in [0.2, 0.25) is 5.91 Å². The first-order valence-electron chi connectivity index (χ1n) is 7.49. The molecule has 1 heterocycles. The Balaban J connectivity index is 1.84. The maximum Gasteiger partial charge on any atom is 0.227 e. The van der Waals surface area contributed by atoms with Gasteiger partial charge in [0.25, 0.3) is 0 Å². The van der Waals surface area contributed by atoms with Gasteiger partial charge in [-0.05, 0) is 31.9 Å². The van der Waals surface area contributed by atoms with E-state index in [4.69, 9.17) is 5.73 Å². The van der Waals surface area contributed by atoms with Crippen molar-refractivity contribution in [3.63, 3.8) is 0 Å². The highest BCUT2D eigenvalue weighted by Crippen LogP contribution is 2.19. The normalized spacial score (nSPS) is 14.0. The van der Waals surface area contributed by atoms with Crippen LogP contribution in [0.25, 0.3) is 11.0 Å². The van der Waals surface area contributed by atoms with E-state index in [2.05, 4.69) is 20.9 Å². The summed E-state index contributed by atoms with van der Waals surface area (Å²) >= 11 is 0. The largest absolute Gasteiger partial charge is 0.356 e. The van der Waals surface area contributed by atoms with E-state index in [1.165, 1.54) is 0 Å². The molecule has 1 aromatic heterocycles. The summed E-state index contributed by atoms with van der Waals surface area (Å²) in [5, 5.41) is 2.98. The number of imidazole rings is 1. The van der Waals surface area contributed by atoms with Gasteiger partial charge in [0.15, 0.2) is 0 Å². The standard InChI is InChI=1S/C16H24N4O/c1-3-16(2,11-17)15(21)18-9-6-10-20-12-19-13-7-4-5-8-14(13)20/h4-5,7-8,12H,3,6,9-11,17H2,1-2H3,(H,18,21). The lowest BCUT2D eigenvalue weighted by molar-refractivity contribution is -0.129. The lowest BCUT2D eigenvalue weighted by atomic mass is 9.87. The van der Waals surface area contributed by atoms with E-state index >= 15 is 0 Å². The summed E-state index contributed by atoms with van der Waals surface area (Å²) in [7, 11) is 0. The van der Waals surface area contributed by atoms with Gasteiger partial charge in [-0.25, -0.2) is 4.98 Å². The number of amides is 1. The minimum Gasteiger partial charge on any atom is -0.356 e. The van der Waals surface area contributed by atoms with E-state index < -0.39 is 5.41 Å². The fourth-order valence-corrected chi connectivity index (χ4v) is 2.25. The van der Waals surface area contributed by atoms with Gasteiger partial charge in [0.1, 0.15) is 0 Å². The zero-order valence-corrected chi connectivity index (χ0v) is 12.8. The molecule has 1 unspecified atom stereocenters. The zero-order chi connectivity index (χ0) is 15.3. The average molecular weight is 288 g/mol. The molecule has 5 heteroatoms. The van der Waals surface area contributed by atoms with Crippen LogP contribution in [0, 0.1) is 5.41 Å². The highest BCUT2D eigenvalue weighted by Gasteiger charge is 2.28. The van der Waals surface area contributed by atoms with Crippen LogP contribution in [0.4, 0.5) is 0 Å². The molecule has 21 heavy (non-hydrogen) atoms. The Labute approximate surface area is 125 Å². The Kier molecular flexibility index (Phi) is 4.96. The van der Waals surface area contributed by atoms with Crippen molar-refractivity contribution in [2.75, 3.05) is 13.1 Å². The number of hydrogen-bond acceptors (Lipinski definition) is 3. The van der Waals surface area contributed by atoms with Crippen LogP contribution in [-0.2, 0) is 11.3 Å². The molecule has 114 valence electrons. The number of benzene rings is 1. The van der Waals surface area contributed by atoms with Crippen molar-refractivity contribution in [2.45, 2.75) is 33.2 Å². The van der Waals surface area contributed by atoms with Crippen LogP contribution in [0.15, 0.2) is 30.6 Å². The molecule has 0 aliphatic rings. The smallest absolute Gasteiger partial charge is 0.227 e. The Bertz CT molecular complexity index is 601. The predicted molar refractivity (Wildman–Crippen MR) is 84.8 cm³/mol. The number of nitrogens with two attached hydrogens (primary N) is 1. The van der Waals surface area contributed by atoms with E-state index in [1.807, 2.05) is 38.4 Å². The first-order chi connectivity index (χ1) is 10.1. The highest BCUT2D eigenvalue weighted by molar-refractivity contribution is 5.82. The predicted octanol–water partition coefficient (Wildman–Crippen LogP) is 1.92. The molecular formula is C16H24N4O. The minimum absolute atomic E-state index is 0.0444. The van der Waals surface area contributed by atoms with Crippen molar-refractivity contribution >= 4 is 16.9 Å².